The highest BCUT2D eigenvalue weighted by molar-refractivity contribution is 7.22. The quantitative estimate of drug-likeness (QED) is 0.720. The van der Waals surface area contributed by atoms with Crippen LogP contribution in [-0.4, -0.2) is 45.9 Å². The lowest BCUT2D eigenvalue weighted by Crippen LogP contribution is -2.47. The second-order valence-electron chi connectivity index (χ2n) is 5.66. The van der Waals surface area contributed by atoms with Crippen LogP contribution in [0.25, 0.3) is 10.2 Å². The topological polar surface area (TPSA) is 67.2 Å². The Morgan fingerprint density at radius 1 is 1.12 bits per heavy atom. The van der Waals surface area contributed by atoms with Gasteiger partial charge in [0.15, 0.2) is 5.13 Å². The van der Waals surface area contributed by atoms with Gasteiger partial charge in [0.05, 0.1) is 10.9 Å². The van der Waals surface area contributed by atoms with Crippen LogP contribution < -0.4 is 15.4 Å². The third kappa shape index (κ3) is 2.73. The summed E-state index contributed by atoms with van der Waals surface area (Å²) in [5.74, 6) is 0.865. The molecule has 4 rings (SSSR count). The number of thiazole rings is 1. The van der Waals surface area contributed by atoms with E-state index in [-0.39, 0.29) is 5.56 Å². The van der Waals surface area contributed by atoms with Gasteiger partial charge in [-0.15, -0.1) is 0 Å². The molecule has 0 bridgehead atoms. The van der Waals surface area contributed by atoms with Crippen molar-refractivity contribution < 1.29 is 0 Å². The highest BCUT2D eigenvalue weighted by Crippen LogP contribution is 2.28. The van der Waals surface area contributed by atoms with Crippen molar-refractivity contribution in [2.24, 2.45) is 0 Å². The van der Waals surface area contributed by atoms with Crippen molar-refractivity contribution in [1.82, 2.24) is 19.7 Å². The van der Waals surface area contributed by atoms with Crippen LogP contribution in [0.2, 0.25) is 0 Å². The summed E-state index contributed by atoms with van der Waals surface area (Å²) < 4.78 is 2.67. The molecule has 1 aliphatic rings. The van der Waals surface area contributed by atoms with E-state index < -0.39 is 0 Å². The molecule has 0 saturated carbocycles. The Labute approximate surface area is 143 Å². The first-order valence-corrected chi connectivity index (χ1v) is 8.85. The molecule has 0 unspecified atom stereocenters. The molecule has 1 saturated heterocycles. The number of hydrogen-bond acceptors (Lipinski definition) is 7. The van der Waals surface area contributed by atoms with Gasteiger partial charge >= 0.3 is 0 Å². The fraction of sp³-hybridized carbons (Fsp3) is 0.375. The largest absolute Gasteiger partial charge is 0.352 e. The number of nitrogens with zero attached hydrogens (tertiary/aromatic N) is 6. The Morgan fingerprint density at radius 2 is 1.92 bits per heavy atom. The van der Waals surface area contributed by atoms with E-state index in [0.29, 0.717) is 6.54 Å². The van der Waals surface area contributed by atoms with E-state index in [4.69, 9.17) is 0 Å². The summed E-state index contributed by atoms with van der Waals surface area (Å²) in [7, 11) is 0. The summed E-state index contributed by atoms with van der Waals surface area (Å²) in [6.45, 7) is 6.02. The van der Waals surface area contributed by atoms with Crippen LogP contribution in [0.5, 0.6) is 0 Å². The first-order chi connectivity index (χ1) is 11.7. The Morgan fingerprint density at radius 3 is 2.67 bits per heavy atom. The number of aromatic nitrogens is 4. The van der Waals surface area contributed by atoms with Crippen LogP contribution in [0, 0.1) is 0 Å². The minimum Gasteiger partial charge on any atom is -0.352 e. The number of hydrogen-bond donors (Lipinski definition) is 0. The maximum absolute atomic E-state index is 11.7. The fourth-order valence-corrected chi connectivity index (χ4v) is 3.85. The number of piperazine rings is 1. The fourth-order valence-electron chi connectivity index (χ4n) is 2.86. The van der Waals surface area contributed by atoms with Gasteiger partial charge in [0.25, 0.3) is 5.56 Å². The average Bonchev–Trinajstić information content (AvgIpc) is 3.06. The van der Waals surface area contributed by atoms with Gasteiger partial charge in [-0.3, -0.25) is 9.78 Å². The van der Waals surface area contributed by atoms with Crippen LogP contribution in [-0.2, 0) is 6.54 Å². The van der Waals surface area contributed by atoms with Gasteiger partial charge < -0.3 is 9.80 Å². The molecule has 0 aromatic carbocycles. The van der Waals surface area contributed by atoms with Gasteiger partial charge in [-0.2, -0.15) is 5.10 Å². The molecule has 0 radical (unpaired) electrons. The standard InChI is InChI=1S/C16H18N6OS/c1-2-22-15(23)4-3-14(19-22)20-7-9-21(10-8-20)16-18-12-11-17-6-5-13(12)24-16/h3-6,11H,2,7-10H2,1H3. The number of anilines is 2. The van der Waals surface area contributed by atoms with Gasteiger partial charge in [0, 0.05) is 45.0 Å². The van der Waals surface area contributed by atoms with Gasteiger partial charge in [-0.25, -0.2) is 9.67 Å². The molecule has 3 aromatic heterocycles. The molecule has 1 fully saturated rings. The van der Waals surface area contributed by atoms with E-state index >= 15 is 0 Å². The Balaban J connectivity index is 1.49. The maximum atomic E-state index is 11.7. The lowest BCUT2D eigenvalue weighted by Gasteiger charge is -2.35. The van der Waals surface area contributed by atoms with E-state index in [1.54, 1.807) is 23.6 Å². The van der Waals surface area contributed by atoms with Crippen LogP contribution in [0.15, 0.2) is 35.4 Å². The molecule has 1 aliphatic heterocycles. The zero-order chi connectivity index (χ0) is 16.5. The Bertz CT molecular complexity index is 879. The molecule has 0 aliphatic carbocycles. The normalized spacial score (nSPS) is 15.2. The van der Waals surface area contributed by atoms with Crippen molar-refractivity contribution in [1.29, 1.82) is 0 Å². The second kappa shape index (κ2) is 6.20. The predicted octanol–water partition coefficient (Wildman–Crippen LogP) is 1.59. The van der Waals surface area contributed by atoms with Crippen LogP contribution in [0.4, 0.5) is 10.9 Å². The minimum absolute atomic E-state index is 0.0528. The Kier molecular flexibility index (Phi) is 3.89. The molecular weight excluding hydrogens is 324 g/mol. The molecule has 24 heavy (non-hydrogen) atoms. The molecule has 0 spiro atoms. The van der Waals surface area contributed by atoms with Crippen LogP contribution in [0.3, 0.4) is 0 Å². The van der Waals surface area contributed by atoms with Crippen molar-refractivity contribution in [3.63, 3.8) is 0 Å². The van der Waals surface area contributed by atoms with E-state index in [2.05, 4.69) is 24.9 Å². The van der Waals surface area contributed by atoms with Gasteiger partial charge in [-0.1, -0.05) is 11.3 Å². The summed E-state index contributed by atoms with van der Waals surface area (Å²) in [6.07, 6.45) is 3.61. The summed E-state index contributed by atoms with van der Waals surface area (Å²) in [5, 5.41) is 5.48. The highest BCUT2D eigenvalue weighted by Gasteiger charge is 2.21. The lowest BCUT2D eigenvalue weighted by atomic mass is 10.3. The second-order valence-corrected chi connectivity index (χ2v) is 6.67. The number of fused-ring (bicyclic) bond motifs is 1. The average molecular weight is 342 g/mol. The van der Waals surface area contributed by atoms with Crippen molar-refractivity contribution in [3.05, 3.63) is 40.9 Å². The smallest absolute Gasteiger partial charge is 0.266 e. The zero-order valence-corrected chi connectivity index (χ0v) is 14.2. The third-order valence-electron chi connectivity index (χ3n) is 4.20. The number of pyridine rings is 1. The molecule has 0 atom stereocenters. The van der Waals surface area contributed by atoms with Gasteiger partial charge in [0.1, 0.15) is 11.3 Å². The summed E-state index contributed by atoms with van der Waals surface area (Å²) in [6, 6.07) is 5.41. The van der Waals surface area contributed by atoms with Gasteiger partial charge in [0.2, 0.25) is 0 Å². The monoisotopic (exact) mass is 342 g/mol. The first kappa shape index (κ1) is 15.1. The summed E-state index contributed by atoms with van der Waals surface area (Å²) in [4.78, 5) is 25.0. The van der Waals surface area contributed by atoms with E-state index in [0.717, 1.165) is 42.6 Å². The molecule has 0 N–H and O–H groups in total. The molecule has 8 heteroatoms. The molecule has 3 aromatic rings. The van der Waals surface area contributed by atoms with E-state index in [9.17, 15) is 4.79 Å². The van der Waals surface area contributed by atoms with Crippen LogP contribution in [0.1, 0.15) is 6.92 Å². The number of aryl methyl sites for hydroxylation is 1. The van der Waals surface area contributed by atoms with Crippen LogP contribution >= 0.6 is 11.3 Å². The number of rotatable bonds is 3. The Hall–Kier alpha value is -2.48. The highest BCUT2D eigenvalue weighted by atomic mass is 32.1. The van der Waals surface area contributed by atoms with E-state index in [1.807, 2.05) is 25.3 Å². The molecule has 0 amide bonds. The maximum Gasteiger partial charge on any atom is 0.266 e. The molecule has 4 heterocycles. The minimum atomic E-state index is -0.0528. The van der Waals surface area contributed by atoms with Gasteiger partial charge in [-0.05, 0) is 19.1 Å². The summed E-state index contributed by atoms with van der Waals surface area (Å²) in [5.41, 5.74) is 0.902. The predicted molar refractivity (Wildman–Crippen MR) is 96.0 cm³/mol. The van der Waals surface area contributed by atoms with Crippen molar-refractivity contribution in [2.75, 3.05) is 36.0 Å². The lowest BCUT2D eigenvalue weighted by molar-refractivity contribution is 0.588. The zero-order valence-electron chi connectivity index (χ0n) is 13.4. The van der Waals surface area contributed by atoms with Crippen molar-refractivity contribution in [2.45, 2.75) is 13.5 Å². The van der Waals surface area contributed by atoms with E-state index in [1.165, 1.54) is 9.38 Å². The SMILES string of the molecule is CCn1nc(N2CCN(c3nc4cnccc4s3)CC2)ccc1=O. The van der Waals surface area contributed by atoms with Crippen molar-refractivity contribution >= 4 is 32.5 Å². The summed E-state index contributed by atoms with van der Waals surface area (Å²) >= 11 is 1.70. The first-order valence-electron chi connectivity index (χ1n) is 8.03. The molecule has 124 valence electrons. The van der Waals surface area contributed by atoms with Crippen molar-refractivity contribution in [3.8, 4) is 0 Å². The molecule has 7 nitrogen and oxygen atoms in total. The third-order valence-corrected chi connectivity index (χ3v) is 5.30. The molecular formula is C16H18N6OS.